The Balaban J connectivity index is 0.00000162. The van der Waals surface area contributed by atoms with Crippen molar-refractivity contribution in [2.24, 2.45) is 0 Å². The van der Waals surface area contributed by atoms with Crippen molar-refractivity contribution in [3.63, 3.8) is 0 Å². The highest BCUT2D eigenvalue weighted by Crippen LogP contribution is 2.15. The Morgan fingerprint density at radius 2 is 2.44 bits per heavy atom. The largest absolute Gasteiger partial charge is 0.351 e. The summed E-state index contributed by atoms with van der Waals surface area (Å²) >= 11 is 3.63. The number of hydrogen-bond acceptors (Lipinski definition) is 4. The van der Waals surface area contributed by atoms with Crippen molar-refractivity contribution in [3.8, 4) is 0 Å². The van der Waals surface area contributed by atoms with Gasteiger partial charge in [-0.25, -0.2) is 0 Å². The Labute approximate surface area is 123 Å². The predicted octanol–water partition coefficient (Wildman–Crippen LogP) is 2.19. The van der Waals surface area contributed by atoms with Crippen LogP contribution in [0.3, 0.4) is 0 Å². The number of carbonyl (C=O) groups excluding carboxylic acids is 1. The van der Waals surface area contributed by atoms with Gasteiger partial charge in [0.2, 0.25) is 5.91 Å². The van der Waals surface area contributed by atoms with E-state index >= 15 is 0 Å². The third-order valence-electron chi connectivity index (χ3n) is 2.84. The fourth-order valence-corrected chi connectivity index (χ4v) is 3.61. The molecule has 1 aliphatic rings. The lowest BCUT2D eigenvalue weighted by atomic mass is 10.2. The molecule has 102 valence electrons. The first kappa shape index (κ1) is 15.8. The average molecular weight is 307 g/mol. The number of amides is 1. The Bertz CT molecular complexity index is 378. The Kier molecular flexibility index (Phi) is 7.07. The molecule has 0 bridgehead atoms. The van der Waals surface area contributed by atoms with Crippen molar-refractivity contribution >= 4 is 41.4 Å². The van der Waals surface area contributed by atoms with Gasteiger partial charge in [-0.3, -0.25) is 4.79 Å². The van der Waals surface area contributed by atoms with Crippen LogP contribution in [-0.4, -0.2) is 30.0 Å². The fraction of sp³-hybridized carbons (Fsp3) is 0.583. The van der Waals surface area contributed by atoms with Crippen LogP contribution >= 0.6 is 35.5 Å². The topological polar surface area (TPSA) is 41.1 Å². The van der Waals surface area contributed by atoms with E-state index < -0.39 is 0 Å². The van der Waals surface area contributed by atoms with Gasteiger partial charge in [0, 0.05) is 35.4 Å². The molecule has 0 radical (unpaired) electrons. The number of thioether (sulfide) groups is 1. The van der Waals surface area contributed by atoms with E-state index in [2.05, 4.69) is 29.0 Å². The number of halogens is 1. The van der Waals surface area contributed by atoms with Crippen molar-refractivity contribution < 1.29 is 4.79 Å². The van der Waals surface area contributed by atoms with E-state index in [1.54, 1.807) is 11.3 Å². The molecule has 18 heavy (non-hydrogen) atoms. The van der Waals surface area contributed by atoms with Gasteiger partial charge in [-0.1, -0.05) is 0 Å². The molecule has 2 rings (SSSR count). The molecule has 3 nitrogen and oxygen atoms in total. The normalized spacial score (nSPS) is 19.1. The highest BCUT2D eigenvalue weighted by molar-refractivity contribution is 7.99. The van der Waals surface area contributed by atoms with Crippen molar-refractivity contribution in [3.05, 3.63) is 21.9 Å². The van der Waals surface area contributed by atoms with Crippen LogP contribution in [0, 0.1) is 6.92 Å². The summed E-state index contributed by atoms with van der Waals surface area (Å²) in [6.07, 6.45) is 0.595. The molecule has 0 aromatic carbocycles. The summed E-state index contributed by atoms with van der Waals surface area (Å²) in [5.74, 6) is 2.36. The standard InChI is InChI=1S/C12H18N2OS2.ClH/c1-9-2-4-17-11(9)7-14-12(15)6-10-8-16-5-3-13-10;/h2,4,10,13H,3,5-8H2,1H3,(H,14,15);1H. The summed E-state index contributed by atoms with van der Waals surface area (Å²) in [6, 6.07) is 2.43. The minimum Gasteiger partial charge on any atom is -0.351 e. The maximum Gasteiger partial charge on any atom is 0.221 e. The zero-order valence-corrected chi connectivity index (χ0v) is 12.9. The zero-order valence-electron chi connectivity index (χ0n) is 10.4. The van der Waals surface area contributed by atoms with Gasteiger partial charge in [0.1, 0.15) is 0 Å². The molecule has 1 atom stereocenters. The molecular weight excluding hydrogens is 288 g/mol. The lowest BCUT2D eigenvalue weighted by molar-refractivity contribution is -0.121. The van der Waals surface area contributed by atoms with Gasteiger partial charge in [-0.15, -0.1) is 23.7 Å². The molecule has 1 aliphatic heterocycles. The summed E-state index contributed by atoms with van der Waals surface area (Å²) in [4.78, 5) is 13.0. The second-order valence-electron chi connectivity index (χ2n) is 4.23. The highest BCUT2D eigenvalue weighted by Gasteiger charge is 2.16. The third-order valence-corrected chi connectivity index (χ3v) is 5.00. The summed E-state index contributed by atoms with van der Waals surface area (Å²) in [5, 5.41) is 8.44. The third kappa shape index (κ3) is 4.80. The molecule has 1 aromatic heterocycles. The van der Waals surface area contributed by atoms with Crippen molar-refractivity contribution in [2.45, 2.75) is 25.9 Å². The average Bonchev–Trinajstić information content (AvgIpc) is 2.74. The summed E-state index contributed by atoms with van der Waals surface area (Å²) < 4.78 is 0. The Morgan fingerprint density at radius 1 is 1.61 bits per heavy atom. The van der Waals surface area contributed by atoms with Gasteiger partial charge in [-0.05, 0) is 23.9 Å². The van der Waals surface area contributed by atoms with Gasteiger partial charge in [-0.2, -0.15) is 11.8 Å². The summed E-state index contributed by atoms with van der Waals surface area (Å²) in [5.41, 5.74) is 1.27. The van der Waals surface area contributed by atoms with Crippen LogP contribution in [0.2, 0.25) is 0 Å². The first-order valence-electron chi connectivity index (χ1n) is 5.86. The molecule has 2 N–H and O–H groups in total. The minimum absolute atomic E-state index is 0. The molecule has 1 amide bonds. The Hall–Kier alpha value is -0.230. The van der Waals surface area contributed by atoms with E-state index in [0.717, 1.165) is 18.1 Å². The smallest absolute Gasteiger partial charge is 0.221 e. The second-order valence-corrected chi connectivity index (χ2v) is 6.38. The van der Waals surface area contributed by atoms with Crippen molar-refractivity contribution in [1.29, 1.82) is 0 Å². The van der Waals surface area contributed by atoms with Crippen LogP contribution in [0.5, 0.6) is 0 Å². The van der Waals surface area contributed by atoms with E-state index in [9.17, 15) is 4.79 Å². The minimum atomic E-state index is 0. The van der Waals surface area contributed by atoms with Gasteiger partial charge >= 0.3 is 0 Å². The number of rotatable bonds is 4. The quantitative estimate of drug-likeness (QED) is 0.896. The van der Waals surface area contributed by atoms with Crippen LogP contribution in [0.1, 0.15) is 16.9 Å². The molecule has 1 unspecified atom stereocenters. The van der Waals surface area contributed by atoms with E-state index in [-0.39, 0.29) is 18.3 Å². The monoisotopic (exact) mass is 306 g/mol. The number of aryl methyl sites for hydroxylation is 1. The Morgan fingerprint density at radius 3 is 3.06 bits per heavy atom. The SMILES string of the molecule is Cc1ccsc1CNC(=O)CC1CSCCN1.Cl. The lowest BCUT2D eigenvalue weighted by Gasteiger charge is -2.22. The number of nitrogens with one attached hydrogen (secondary N) is 2. The van der Waals surface area contributed by atoms with Gasteiger partial charge in [0.15, 0.2) is 0 Å². The van der Waals surface area contributed by atoms with Gasteiger partial charge < -0.3 is 10.6 Å². The maximum absolute atomic E-state index is 11.8. The molecule has 1 saturated heterocycles. The fourth-order valence-electron chi connectivity index (χ4n) is 1.81. The number of carbonyl (C=O) groups is 1. The number of thiophene rings is 1. The zero-order chi connectivity index (χ0) is 12.1. The van der Waals surface area contributed by atoms with Crippen LogP contribution in [0.15, 0.2) is 11.4 Å². The molecule has 1 aromatic rings. The summed E-state index contributed by atoms with van der Waals surface area (Å²) in [6.45, 7) is 3.77. The van der Waals surface area contributed by atoms with E-state index in [1.807, 2.05) is 11.8 Å². The van der Waals surface area contributed by atoms with E-state index in [1.165, 1.54) is 10.4 Å². The highest BCUT2D eigenvalue weighted by atomic mass is 35.5. The van der Waals surface area contributed by atoms with Gasteiger partial charge in [0.05, 0.1) is 6.54 Å². The van der Waals surface area contributed by atoms with Crippen LogP contribution < -0.4 is 10.6 Å². The maximum atomic E-state index is 11.8. The number of hydrogen-bond donors (Lipinski definition) is 2. The summed E-state index contributed by atoms with van der Waals surface area (Å²) in [7, 11) is 0. The first-order chi connectivity index (χ1) is 8.25. The van der Waals surface area contributed by atoms with E-state index in [4.69, 9.17) is 0 Å². The van der Waals surface area contributed by atoms with Crippen LogP contribution in [0.25, 0.3) is 0 Å². The van der Waals surface area contributed by atoms with Gasteiger partial charge in [0.25, 0.3) is 0 Å². The molecular formula is C12H19ClN2OS2. The molecule has 0 aliphatic carbocycles. The molecule has 0 spiro atoms. The van der Waals surface area contributed by atoms with E-state index in [0.29, 0.717) is 19.0 Å². The first-order valence-corrected chi connectivity index (χ1v) is 7.90. The molecule has 2 heterocycles. The molecule has 1 fully saturated rings. The lowest BCUT2D eigenvalue weighted by Crippen LogP contribution is -2.41. The van der Waals surface area contributed by atoms with Crippen LogP contribution in [-0.2, 0) is 11.3 Å². The van der Waals surface area contributed by atoms with Crippen molar-refractivity contribution in [1.82, 2.24) is 10.6 Å². The molecule has 6 heteroatoms. The molecule has 0 saturated carbocycles. The van der Waals surface area contributed by atoms with Crippen LogP contribution in [0.4, 0.5) is 0 Å². The van der Waals surface area contributed by atoms with Crippen molar-refractivity contribution in [2.75, 3.05) is 18.1 Å². The second kappa shape index (κ2) is 8.04. The predicted molar refractivity (Wildman–Crippen MR) is 81.9 cm³/mol.